The first kappa shape index (κ1) is 19.2. The van der Waals surface area contributed by atoms with Gasteiger partial charge in [0.25, 0.3) is 0 Å². The van der Waals surface area contributed by atoms with Crippen LogP contribution < -0.4 is 9.47 Å². The van der Waals surface area contributed by atoms with Gasteiger partial charge in [0.1, 0.15) is 0 Å². The van der Waals surface area contributed by atoms with Gasteiger partial charge in [0.15, 0.2) is 11.5 Å². The second-order valence-corrected chi connectivity index (χ2v) is 5.81. The van der Waals surface area contributed by atoms with E-state index in [2.05, 4.69) is 4.90 Å². The van der Waals surface area contributed by atoms with E-state index >= 15 is 0 Å². The quantitative estimate of drug-likeness (QED) is 0.677. The number of ether oxygens (including phenoxy) is 3. The Kier molecular flexibility index (Phi) is 7.24. The Morgan fingerprint density at radius 2 is 2.04 bits per heavy atom. The number of carbonyl (C=O) groups is 1. The average Bonchev–Trinajstić information content (AvgIpc) is 2.60. The fourth-order valence-electron chi connectivity index (χ4n) is 2.92. The normalized spacial score (nSPS) is 16.8. The van der Waals surface area contributed by atoms with E-state index in [0.717, 1.165) is 24.7 Å². The Morgan fingerprint density at radius 3 is 2.64 bits per heavy atom. The van der Waals surface area contributed by atoms with Crippen LogP contribution in [0.5, 0.6) is 11.5 Å². The molecule has 1 unspecified atom stereocenters. The highest BCUT2D eigenvalue weighted by Gasteiger charge is 2.20. The van der Waals surface area contributed by atoms with E-state index in [1.54, 1.807) is 19.2 Å². The number of methoxy groups -OCH3 is 2. The molecule has 1 heterocycles. The van der Waals surface area contributed by atoms with Gasteiger partial charge in [-0.2, -0.15) is 0 Å². The van der Waals surface area contributed by atoms with Crippen LogP contribution in [0.1, 0.15) is 11.1 Å². The number of carboxylic acids is 1. The molecular weight excluding hydrogens is 326 g/mol. The minimum atomic E-state index is -1.03. The highest BCUT2D eigenvalue weighted by atomic mass is 16.5. The summed E-state index contributed by atoms with van der Waals surface area (Å²) >= 11 is 0. The van der Waals surface area contributed by atoms with Crippen molar-refractivity contribution in [3.05, 3.63) is 29.3 Å². The van der Waals surface area contributed by atoms with Gasteiger partial charge in [0.2, 0.25) is 0 Å². The van der Waals surface area contributed by atoms with E-state index in [1.165, 1.54) is 13.2 Å². The predicted octanol–water partition coefficient (Wildman–Crippen LogP) is 1.04. The summed E-state index contributed by atoms with van der Waals surface area (Å²) in [4.78, 5) is 13.0. The lowest BCUT2D eigenvalue weighted by molar-refractivity contribution is -0.131. The number of aliphatic carboxylic acids is 1. The van der Waals surface area contributed by atoms with Crippen LogP contribution in [0, 0.1) is 0 Å². The van der Waals surface area contributed by atoms with Gasteiger partial charge < -0.3 is 24.4 Å². The summed E-state index contributed by atoms with van der Waals surface area (Å²) in [7, 11) is 3.07. The lowest BCUT2D eigenvalue weighted by atomic mass is 9.98. The molecule has 1 aliphatic heterocycles. The zero-order valence-electron chi connectivity index (χ0n) is 14.6. The van der Waals surface area contributed by atoms with E-state index in [4.69, 9.17) is 19.3 Å². The molecule has 2 N–H and O–H groups in total. The Bertz CT molecular complexity index is 610. The third-order valence-corrected chi connectivity index (χ3v) is 4.10. The number of carboxylic acid groups (broad SMARTS) is 1. The van der Waals surface area contributed by atoms with Crippen molar-refractivity contribution >= 4 is 12.0 Å². The van der Waals surface area contributed by atoms with Gasteiger partial charge in [-0.1, -0.05) is 6.07 Å². The molecule has 1 aromatic rings. The summed E-state index contributed by atoms with van der Waals surface area (Å²) in [6, 6.07) is 3.48. The Hall–Kier alpha value is -2.09. The minimum absolute atomic E-state index is 0.330. The summed E-state index contributed by atoms with van der Waals surface area (Å²) in [5, 5.41) is 19.4. The van der Waals surface area contributed by atoms with Gasteiger partial charge in [-0.25, -0.2) is 4.79 Å². The molecule has 1 fully saturated rings. The van der Waals surface area contributed by atoms with Crippen LogP contribution >= 0.6 is 0 Å². The molecule has 7 heteroatoms. The number of hydrogen-bond acceptors (Lipinski definition) is 6. The van der Waals surface area contributed by atoms with Crippen molar-refractivity contribution in [3.63, 3.8) is 0 Å². The SMILES string of the molecule is COc1ccc(/C=C/C(=O)O)c(CC(O)CN2CCOCC2)c1OC. The molecule has 138 valence electrons. The summed E-state index contributed by atoms with van der Waals surface area (Å²) in [6.45, 7) is 3.44. The Balaban J connectivity index is 2.23. The summed E-state index contributed by atoms with van der Waals surface area (Å²) in [6.07, 6.45) is 2.29. The van der Waals surface area contributed by atoms with E-state index in [0.29, 0.717) is 43.2 Å². The molecule has 7 nitrogen and oxygen atoms in total. The summed E-state index contributed by atoms with van der Waals surface area (Å²) in [5.74, 6) is 0.0224. The van der Waals surface area contributed by atoms with Gasteiger partial charge in [-0.15, -0.1) is 0 Å². The van der Waals surface area contributed by atoms with Gasteiger partial charge in [0.05, 0.1) is 33.5 Å². The fraction of sp³-hybridized carbons (Fsp3) is 0.500. The van der Waals surface area contributed by atoms with Crippen molar-refractivity contribution in [2.75, 3.05) is 47.1 Å². The number of morpholine rings is 1. The van der Waals surface area contributed by atoms with Crippen LogP contribution in [-0.2, 0) is 16.0 Å². The number of rotatable bonds is 8. The maximum Gasteiger partial charge on any atom is 0.328 e. The second-order valence-electron chi connectivity index (χ2n) is 5.81. The van der Waals surface area contributed by atoms with Crippen LogP contribution in [0.2, 0.25) is 0 Å². The molecule has 1 atom stereocenters. The number of nitrogens with zero attached hydrogens (tertiary/aromatic N) is 1. The first-order chi connectivity index (χ1) is 12.0. The lowest BCUT2D eigenvalue weighted by Gasteiger charge is -2.29. The maximum atomic E-state index is 10.8. The molecule has 0 bridgehead atoms. The van der Waals surface area contributed by atoms with E-state index in [9.17, 15) is 9.90 Å². The van der Waals surface area contributed by atoms with Crippen LogP contribution in [0.3, 0.4) is 0 Å². The van der Waals surface area contributed by atoms with Crippen molar-refractivity contribution in [2.24, 2.45) is 0 Å². The molecule has 0 amide bonds. The maximum absolute atomic E-state index is 10.8. The first-order valence-electron chi connectivity index (χ1n) is 8.18. The van der Waals surface area contributed by atoms with Gasteiger partial charge in [-0.05, 0) is 17.7 Å². The first-order valence-corrected chi connectivity index (χ1v) is 8.18. The minimum Gasteiger partial charge on any atom is -0.493 e. The Morgan fingerprint density at radius 1 is 1.32 bits per heavy atom. The topological polar surface area (TPSA) is 88.5 Å². The van der Waals surface area contributed by atoms with Crippen LogP contribution in [0.4, 0.5) is 0 Å². The lowest BCUT2D eigenvalue weighted by Crippen LogP contribution is -2.41. The van der Waals surface area contributed by atoms with Crippen LogP contribution in [0.25, 0.3) is 6.08 Å². The molecule has 1 aliphatic rings. The molecule has 0 aromatic heterocycles. The van der Waals surface area contributed by atoms with Crippen molar-refractivity contribution in [1.82, 2.24) is 4.90 Å². The van der Waals surface area contributed by atoms with Crippen molar-refractivity contribution < 1.29 is 29.2 Å². The third kappa shape index (κ3) is 5.45. The smallest absolute Gasteiger partial charge is 0.328 e. The zero-order valence-corrected chi connectivity index (χ0v) is 14.6. The Labute approximate surface area is 147 Å². The van der Waals surface area contributed by atoms with E-state index in [-0.39, 0.29) is 0 Å². The van der Waals surface area contributed by atoms with Gasteiger partial charge in [-0.3, -0.25) is 4.90 Å². The second kappa shape index (κ2) is 9.41. The molecule has 0 aliphatic carbocycles. The van der Waals surface area contributed by atoms with Crippen molar-refractivity contribution in [1.29, 1.82) is 0 Å². The number of benzene rings is 1. The number of hydrogen-bond donors (Lipinski definition) is 2. The van der Waals surface area contributed by atoms with Crippen molar-refractivity contribution in [3.8, 4) is 11.5 Å². The van der Waals surface area contributed by atoms with Crippen LogP contribution in [0.15, 0.2) is 18.2 Å². The molecule has 25 heavy (non-hydrogen) atoms. The molecule has 2 rings (SSSR count). The van der Waals surface area contributed by atoms with E-state index in [1.807, 2.05) is 0 Å². The van der Waals surface area contributed by atoms with Gasteiger partial charge in [0, 0.05) is 37.7 Å². The number of β-amino-alcohol motifs (C(OH)–C–C–N with tert-alkyl or cyclic N) is 1. The number of aliphatic hydroxyl groups is 1. The fourth-order valence-corrected chi connectivity index (χ4v) is 2.92. The third-order valence-electron chi connectivity index (χ3n) is 4.10. The molecule has 1 aromatic carbocycles. The zero-order chi connectivity index (χ0) is 18.2. The van der Waals surface area contributed by atoms with Crippen LogP contribution in [-0.4, -0.2) is 74.3 Å². The van der Waals surface area contributed by atoms with E-state index < -0.39 is 12.1 Å². The molecule has 0 radical (unpaired) electrons. The number of aliphatic hydroxyl groups excluding tert-OH is 1. The summed E-state index contributed by atoms with van der Waals surface area (Å²) in [5.41, 5.74) is 1.40. The average molecular weight is 351 g/mol. The molecule has 1 saturated heterocycles. The monoisotopic (exact) mass is 351 g/mol. The van der Waals surface area contributed by atoms with Gasteiger partial charge >= 0.3 is 5.97 Å². The highest BCUT2D eigenvalue weighted by molar-refractivity contribution is 5.86. The standard InChI is InChI=1S/C18H25NO6/c1-23-16-5-3-13(4-6-17(21)22)15(18(16)24-2)11-14(20)12-19-7-9-25-10-8-19/h3-6,14,20H,7-12H2,1-2H3,(H,21,22)/b6-4+. The molecular formula is C18H25NO6. The molecule has 0 saturated carbocycles. The highest BCUT2D eigenvalue weighted by Crippen LogP contribution is 2.35. The largest absolute Gasteiger partial charge is 0.493 e. The summed E-state index contributed by atoms with van der Waals surface area (Å²) < 4.78 is 16.1. The van der Waals surface area contributed by atoms with Crippen molar-refractivity contribution in [2.45, 2.75) is 12.5 Å². The predicted molar refractivity (Wildman–Crippen MR) is 93.2 cm³/mol. The molecule has 0 spiro atoms.